The van der Waals surface area contributed by atoms with E-state index in [9.17, 15) is 0 Å². The third-order valence-electron chi connectivity index (χ3n) is 8.50. The van der Waals surface area contributed by atoms with E-state index >= 15 is 0 Å². The number of rotatable bonds is 7. The first-order chi connectivity index (χ1) is 23.3. The van der Waals surface area contributed by atoms with Crippen LogP contribution in [-0.2, 0) is 0 Å². The monoisotopic (exact) mass is 601 g/mol. The van der Waals surface area contributed by atoms with Crippen LogP contribution in [0.15, 0.2) is 188 Å². The zero-order valence-electron chi connectivity index (χ0n) is 25.7. The van der Waals surface area contributed by atoms with Crippen LogP contribution in [0.2, 0.25) is 0 Å². The molecule has 0 radical (unpaired) electrons. The lowest BCUT2D eigenvalue weighted by Gasteiger charge is -2.26. The second kappa shape index (κ2) is 12.6. The fraction of sp³-hybridized carbons (Fsp3) is 0. The molecule has 0 saturated heterocycles. The molecule has 3 nitrogen and oxygen atoms in total. The Bertz CT molecular complexity index is 2160. The molecule has 3 heteroatoms. The Morgan fingerprint density at radius 1 is 0.298 bits per heavy atom. The maximum Gasteiger partial charge on any atom is 0.160 e. The molecule has 0 bridgehead atoms. The number of nitrogens with zero attached hydrogens (tertiary/aromatic N) is 3. The number of hydrogen-bond donors (Lipinski definition) is 0. The van der Waals surface area contributed by atoms with E-state index in [0.717, 1.165) is 44.8 Å². The molecule has 0 aliphatic rings. The zero-order valence-corrected chi connectivity index (χ0v) is 25.7. The highest BCUT2D eigenvalue weighted by molar-refractivity contribution is 5.93. The summed E-state index contributed by atoms with van der Waals surface area (Å²) in [5.74, 6) is 0.708. The molecular formula is C44H31N3. The SMILES string of the molecule is c1ccc(-c2ccc(N(c3ccc(-c4ccccc4)cc3)c3ccc(-c4nc(-c5ccccc5)c5ccccc5n4)cc3)cc2)cc1. The zero-order chi connectivity index (χ0) is 31.4. The van der Waals surface area contributed by atoms with Gasteiger partial charge in [0, 0.05) is 33.6 Å². The lowest BCUT2D eigenvalue weighted by atomic mass is 10.0. The average molecular weight is 602 g/mol. The van der Waals surface area contributed by atoms with Gasteiger partial charge < -0.3 is 4.90 Å². The van der Waals surface area contributed by atoms with Gasteiger partial charge in [0.2, 0.25) is 0 Å². The second-order valence-electron chi connectivity index (χ2n) is 11.5. The van der Waals surface area contributed by atoms with Crippen LogP contribution < -0.4 is 4.90 Å². The molecule has 8 aromatic rings. The van der Waals surface area contributed by atoms with E-state index in [1.165, 1.54) is 22.3 Å². The van der Waals surface area contributed by atoms with Crippen LogP contribution >= 0.6 is 0 Å². The van der Waals surface area contributed by atoms with E-state index in [1.54, 1.807) is 0 Å². The summed E-state index contributed by atoms with van der Waals surface area (Å²) in [5, 5.41) is 1.04. The van der Waals surface area contributed by atoms with Gasteiger partial charge in [-0.1, -0.05) is 133 Å². The van der Waals surface area contributed by atoms with E-state index in [-0.39, 0.29) is 0 Å². The van der Waals surface area contributed by atoms with E-state index in [4.69, 9.17) is 9.97 Å². The van der Waals surface area contributed by atoms with Crippen molar-refractivity contribution >= 4 is 28.0 Å². The first-order valence-electron chi connectivity index (χ1n) is 15.8. The molecule has 0 aliphatic carbocycles. The van der Waals surface area contributed by atoms with Crippen molar-refractivity contribution < 1.29 is 0 Å². The molecule has 0 N–H and O–H groups in total. The van der Waals surface area contributed by atoms with Crippen molar-refractivity contribution in [2.24, 2.45) is 0 Å². The molecule has 47 heavy (non-hydrogen) atoms. The van der Waals surface area contributed by atoms with Crippen LogP contribution in [0.3, 0.4) is 0 Å². The Morgan fingerprint density at radius 2 is 0.681 bits per heavy atom. The Morgan fingerprint density at radius 3 is 1.17 bits per heavy atom. The van der Waals surface area contributed by atoms with Gasteiger partial charge in [-0.05, 0) is 76.9 Å². The van der Waals surface area contributed by atoms with Gasteiger partial charge >= 0.3 is 0 Å². The molecule has 0 spiro atoms. The number of fused-ring (bicyclic) bond motifs is 1. The summed E-state index contributed by atoms with van der Waals surface area (Å²) in [6.07, 6.45) is 0. The number of para-hydroxylation sites is 1. The molecule has 0 unspecified atom stereocenters. The van der Waals surface area contributed by atoms with Gasteiger partial charge in [-0.2, -0.15) is 0 Å². The van der Waals surface area contributed by atoms with Crippen LogP contribution in [0.4, 0.5) is 17.1 Å². The Labute approximate surface area is 275 Å². The number of benzene rings is 7. The number of hydrogen-bond acceptors (Lipinski definition) is 3. The second-order valence-corrected chi connectivity index (χ2v) is 11.5. The van der Waals surface area contributed by atoms with Gasteiger partial charge in [-0.25, -0.2) is 9.97 Å². The quantitative estimate of drug-likeness (QED) is 0.182. The highest BCUT2D eigenvalue weighted by Crippen LogP contribution is 2.38. The lowest BCUT2D eigenvalue weighted by Crippen LogP contribution is -2.09. The largest absolute Gasteiger partial charge is 0.311 e. The van der Waals surface area contributed by atoms with Gasteiger partial charge in [-0.3, -0.25) is 0 Å². The molecule has 1 heterocycles. The smallest absolute Gasteiger partial charge is 0.160 e. The summed E-state index contributed by atoms with van der Waals surface area (Å²) in [6, 6.07) is 65.7. The average Bonchev–Trinajstić information content (AvgIpc) is 3.16. The van der Waals surface area contributed by atoms with Crippen molar-refractivity contribution in [3.8, 4) is 44.9 Å². The first kappa shape index (κ1) is 28.2. The van der Waals surface area contributed by atoms with Crippen LogP contribution in [0.25, 0.3) is 55.8 Å². The van der Waals surface area contributed by atoms with Crippen molar-refractivity contribution in [2.75, 3.05) is 4.90 Å². The maximum absolute atomic E-state index is 5.08. The van der Waals surface area contributed by atoms with E-state index in [1.807, 2.05) is 42.5 Å². The van der Waals surface area contributed by atoms with Crippen molar-refractivity contribution in [3.05, 3.63) is 188 Å². The Balaban J connectivity index is 1.19. The summed E-state index contributed by atoms with van der Waals surface area (Å²) in [5.41, 5.74) is 11.9. The Hall–Kier alpha value is -6.32. The summed E-state index contributed by atoms with van der Waals surface area (Å²) >= 11 is 0. The molecule has 7 aromatic carbocycles. The summed E-state index contributed by atoms with van der Waals surface area (Å²) in [7, 11) is 0. The van der Waals surface area contributed by atoms with Crippen molar-refractivity contribution in [1.29, 1.82) is 0 Å². The summed E-state index contributed by atoms with van der Waals surface area (Å²) in [6.45, 7) is 0. The van der Waals surface area contributed by atoms with Gasteiger partial charge in [0.1, 0.15) is 0 Å². The normalized spacial score (nSPS) is 11.0. The molecule has 222 valence electrons. The predicted octanol–water partition coefficient (Wildman–Crippen LogP) is 11.8. The highest BCUT2D eigenvalue weighted by atomic mass is 15.1. The minimum absolute atomic E-state index is 0.708. The number of aromatic nitrogens is 2. The Kier molecular flexibility index (Phi) is 7.54. The standard InChI is InChI=1S/C44H31N3/c1-4-12-32(13-5-1)34-20-26-38(27-21-34)47(39-28-22-35(23-29-39)33-14-6-2-7-15-33)40-30-24-37(25-31-40)44-45-42-19-11-10-18-41(42)43(46-44)36-16-8-3-9-17-36/h1-31H. The third-order valence-corrected chi connectivity index (χ3v) is 8.50. The highest BCUT2D eigenvalue weighted by Gasteiger charge is 2.15. The van der Waals surface area contributed by atoms with E-state index < -0.39 is 0 Å². The number of anilines is 3. The lowest BCUT2D eigenvalue weighted by molar-refractivity contribution is 1.22. The predicted molar refractivity (Wildman–Crippen MR) is 196 cm³/mol. The third kappa shape index (κ3) is 5.79. The van der Waals surface area contributed by atoms with Crippen molar-refractivity contribution in [2.45, 2.75) is 0 Å². The molecule has 8 rings (SSSR count). The van der Waals surface area contributed by atoms with E-state index in [2.05, 4.69) is 150 Å². The fourth-order valence-corrected chi connectivity index (χ4v) is 6.10. The van der Waals surface area contributed by atoms with Gasteiger partial charge in [0.05, 0.1) is 11.2 Å². The van der Waals surface area contributed by atoms with Gasteiger partial charge in [-0.15, -0.1) is 0 Å². The molecule has 1 aromatic heterocycles. The van der Waals surface area contributed by atoms with Crippen LogP contribution in [0, 0.1) is 0 Å². The summed E-state index contributed by atoms with van der Waals surface area (Å²) < 4.78 is 0. The molecule has 0 amide bonds. The first-order valence-corrected chi connectivity index (χ1v) is 15.8. The topological polar surface area (TPSA) is 29.0 Å². The minimum atomic E-state index is 0.708. The maximum atomic E-state index is 5.08. The molecule has 0 fully saturated rings. The minimum Gasteiger partial charge on any atom is -0.311 e. The van der Waals surface area contributed by atoms with Gasteiger partial charge in [0.15, 0.2) is 5.82 Å². The van der Waals surface area contributed by atoms with Crippen LogP contribution in [-0.4, -0.2) is 9.97 Å². The van der Waals surface area contributed by atoms with Crippen molar-refractivity contribution in [3.63, 3.8) is 0 Å². The molecule has 0 saturated carbocycles. The van der Waals surface area contributed by atoms with Crippen LogP contribution in [0.5, 0.6) is 0 Å². The fourth-order valence-electron chi connectivity index (χ4n) is 6.10. The van der Waals surface area contributed by atoms with Crippen LogP contribution in [0.1, 0.15) is 0 Å². The molecule has 0 aliphatic heterocycles. The van der Waals surface area contributed by atoms with Gasteiger partial charge in [0.25, 0.3) is 0 Å². The summed E-state index contributed by atoms with van der Waals surface area (Å²) in [4.78, 5) is 12.4. The molecule has 0 atom stereocenters. The van der Waals surface area contributed by atoms with Crippen molar-refractivity contribution in [1.82, 2.24) is 9.97 Å². The van der Waals surface area contributed by atoms with E-state index in [0.29, 0.717) is 5.82 Å². The molecular weight excluding hydrogens is 571 g/mol.